The highest BCUT2D eigenvalue weighted by atomic mass is 35.5. The number of methoxy groups -OCH3 is 3. The Labute approximate surface area is 165 Å². The summed E-state index contributed by atoms with van der Waals surface area (Å²) in [7, 11) is 3.91. The number of rotatable bonds is 8. The molecular formula is C17H19ClN4O6. The third-order valence-corrected chi connectivity index (χ3v) is 3.93. The Balaban J connectivity index is 2.16. The van der Waals surface area contributed by atoms with Crippen molar-refractivity contribution in [2.24, 2.45) is 0 Å². The molecule has 150 valence electrons. The molecule has 0 spiro atoms. The van der Waals surface area contributed by atoms with E-state index < -0.39 is 23.9 Å². The van der Waals surface area contributed by atoms with Crippen molar-refractivity contribution in [3.63, 3.8) is 0 Å². The normalized spacial score (nSPS) is 10.5. The van der Waals surface area contributed by atoms with Crippen LogP contribution in [0.3, 0.4) is 0 Å². The van der Waals surface area contributed by atoms with Gasteiger partial charge in [0.2, 0.25) is 5.88 Å². The number of esters is 2. The van der Waals surface area contributed by atoms with Gasteiger partial charge >= 0.3 is 11.9 Å². The minimum atomic E-state index is -0.624. The number of hydrogen-bond acceptors (Lipinski definition) is 8. The molecule has 2 heterocycles. The molecular weight excluding hydrogens is 392 g/mol. The number of nitrogens with zero attached hydrogens (tertiary/aromatic N) is 3. The molecule has 2 aromatic heterocycles. The molecule has 0 aliphatic rings. The highest BCUT2D eigenvalue weighted by Crippen LogP contribution is 2.21. The zero-order chi connectivity index (χ0) is 20.7. The van der Waals surface area contributed by atoms with E-state index in [4.69, 9.17) is 16.3 Å². The number of carbonyl (C=O) groups excluding carboxylic acids is 3. The number of halogens is 1. The number of ether oxygens (including phenoxy) is 3. The topological polar surface area (TPSA) is 122 Å². The monoisotopic (exact) mass is 410 g/mol. The van der Waals surface area contributed by atoms with Crippen molar-refractivity contribution < 1.29 is 28.6 Å². The summed E-state index contributed by atoms with van der Waals surface area (Å²) in [5.74, 6) is -1.27. The maximum Gasteiger partial charge on any atom is 0.307 e. The minimum absolute atomic E-state index is 0.0855. The van der Waals surface area contributed by atoms with Gasteiger partial charge in [-0.25, -0.2) is 4.98 Å². The molecule has 0 aliphatic heterocycles. The molecule has 2 rings (SSSR count). The van der Waals surface area contributed by atoms with E-state index in [1.54, 1.807) is 0 Å². The van der Waals surface area contributed by atoms with E-state index in [1.165, 1.54) is 50.5 Å². The van der Waals surface area contributed by atoms with Gasteiger partial charge in [-0.15, -0.1) is 0 Å². The SMILES string of the molecule is COC(=O)CC(CC(=O)OC)n1cc(NC(=O)c2cc(Cl)nc(OC)c2)cn1. The molecule has 1 N–H and O–H groups in total. The van der Waals surface area contributed by atoms with Crippen LogP contribution < -0.4 is 10.1 Å². The van der Waals surface area contributed by atoms with Crippen LogP contribution in [0.5, 0.6) is 5.88 Å². The third kappa shape index (κ3) is 5.68. The molecule has 0 saturated heterocycles. The number of aromatic nitrogens is 3. The van der Waals surface area contributed by atoms with Gasteiger partial charge in [0, 0.05) is 17.8 Å². The Morgan fingerprint density at radius 2 is 1.79 bits per heavy atom. The summed E-state index contributed by atoms with van der Waals surface area (Å²) < 4.78 is 15.7. The standard InChI is InChI=1S/C17H19ClN4O6/c1-26-14-5-10(4-13(18)21-14)17(25)20-11-8-19-22(9-11)12(6-15(23)27-2)7-16(24)28-3/h4-5,8-9,12H,6-7H2,1-3H3,(H,20,25). The summed E-state index contributed by atoms with van der Waals surface area (Å²) in [6, 6.07) is 2.20. The van der Waals surface area contributed by atoms with E-state index in [9.17, 15) is 14.4 Å². The Hall–Kier alpha value is -3.14. The van der Waals surface area contributed by atoms with Crippen molar-refractivity contribution in [1.82, 2.24) is 14.8 Å². The van der Waals surface area contributed by atoms with Gasteiger partial charge in [0.1, 0.15) is 5.15 Å². The Morgan fingerprint density at radius 3 is 2.36 bits per heavy atom. The van der Waals surface area contributed by atoms with E-state index in [0.717, 1.165) is 0 Å². The van der Waals surface area contributed by atoms with E-state index in [0.29, 0.717) is 5.69 Å². The maximum absolute atomic E-state index is 12.4. The molecule has 10 nitrogen and oxygen atoms in total. The van der Waals surface area contributed by atoms with Crippen molar-refractivity contribution in [2.75, 3.05) is 26.6 Å². The van der Waals surface area contributed by atoms with Gasteiger partial charge in [0.25, 0.3) is 5.91 Å². The van der Waals surface area contributed by atoms with Gasteiger partial charge in [0.15, 0.2) is 0 Å². The van der Waals surface area contributed by atoms with Crippen LogP contribution in [-0.2, 0) is 19.1 Å². The quantitative estimate of drug-likeness (QED) is 0.517. The number of pyridine rings is 1. The van der Waals surface area contributed by atoms with Crippen LogP contribution in [0.25, 0.3) is 0 Å². The average molecular weight is 411 g/mol. The van der Waals surface area contributed by atoms with Gasteiger partial charge in [-0.1, -0.05) is 11.6 Å². The highest BCUT2D eigenvalue weighted by molar-refractivity contribution is 6.30. The summed E-state index contributed by atoms with van der Waals surface area (Å²) >= 11 is 5.87. The van der Waals surface area contributed by atoms with Gasteiger partial charge in [-0.3, -0.25) is 19.1 Å². The van der Waals surface area contributed by atoms with Crippen molar-refractivity contribution in [3.8, 4) is 5.88 Å². The lowest BCUT2D eigenvalue weighted by atomic mass is 10.1. The van der Waals surface area contributed by atoms with Crippen LogP contribution >= 0.6 is 11.6 Å². The van der Waals surface area contributed by atoms with Crippen LogP contribution in [0.15, 0.2) is 24.5 Å². The lowest BCUT2D eigenvalue weighted by Crippen LogP contribution is -2.19. The van der Waals surface area contributed by atoms with Crippen LogP contribution in [0.4, 0.5) is 5.69 Å². The predicted molar refractivity (Wildman–Crippen MR) is 98.3 cm³/mol. The largest absolute Gasteiger partial charge is 0.481 e. The average Bonchev–Trinajstić information content (AvgIpc) is 3.14. The second-order valence-electron chi connectivity index (χ2n) is 5.60. The molecule has 28 heavy (non-hydrogen) atoms. The predicted octanol–water partition coefficient (Wildman–Crippen LogP) is 1.86. The Kier molecular flexibility index (Phi) is 7.33. The van der Waals surface area contributed by atoms with E-state index in [2.05, 4.69) is 24.9 Å². The lowest BCUT2D eigenvalue weighted by Gasteiger charge is -2.15. The summed E-state index contributed by atoms with van der Waals surface area (Å²) in [6.07, 6.45) is 2.71. The fourth-order valence-corrected chi connectivity index (χ4v) is 2.53. The highest BCUT2D eigenvalue weighted by Gasteiger charge is 2.22. The molecule has 0 bridgehead atoms. The lowest BCUT2D eigenvalue weighted by molar-refractivity contribution is -0.144. The maximum atomic E-state index is 12.4. The first kappa shape index (κ1) is 21.2. The van der Waals surface area contributed by atoms with E-state index >= 15 is 0 Å². The zero-order valence-corrected chi connectivity index (χ0v) is 16.2. The number of anilines is 1. The minimum Gasteiger partial charge on any atom is -0.481 e. The Bertz CT molecular complexity index is 851. The molecule has 0 saturated carbocycles. The summed E-state index contributed by atoms with van der Waals surface area (Å²) in [6.45, 7) is 0. The molecule has 0 atom stereocenters. The number of amides is 1. The molecule has 11 heteroatoms. The van der Waals surface area contributed by atoms with Gasteiger partial charge in [-0.2, -0.15) is 5.10 Å². The van der Waals surface area contributed by atoms with Gasteiger partial charge in [0.05, 0.1) is 52.1 Å². The first-order chi connectivity index (χ1) is 13.4. The Morgan fingerprint density at radius 1 is 1.14 bits per heavy atom. The first-order valence-electron chi connectivity index (χ1n) is 8.07. The smallest absolute Gasteiger partial charge is 0.307 e. The molecule has 0 aromatic carbocycles. The van der Waals surface area contributed by atoms with Crippen molar-refractivity contribution in [2.45, 2.75) is 18.9 Å². The number of nitrogens with one attached hydrogen (secondary N) is 1. The zero-order valence-electron chi connectivity index (χ0n) is 15.5. The first-order valence-corrected chi connectivity index (χ1v) is 8.44. The molecule has 0 unspecified atom stereocenters. The molecule has 0 fully saturated rings. The van der Waals surface area contributed by atoms with Gasteiger partial charge in [-0.05, 0) is 6.07 Å². The number of hydrogen-bond donors (Lipinski definition) is 1. The van der Waals surface area contributed by atoms with Crippen LogP contribution in [0.1, 0.15) is 29.2 Å². The summed E-state index contributed by atoms with van der Waals surface area (Å²) in [5, 5.41) is 6.87. The molecule has 0 radical (unpaired) electrons. The van der Waals surface area contributed by atoms with Gasteiger partial charge < -0.3 is 19.5 Å². The van der Waals surface area contributed by atoms with Crippen molar-refractivity contribution in [1.29, 1.82) is 0 Å². The van der Waals surface area contributed by atoms with E-state index in [-0.39, 0.29) is 29.4 Å². The fourth-order valence-electron chi connectivity index (χ4n) is 2.32. The molecule has 2 aromatic rings. The second kappa shape index (κ2) is 9.70. The van der Waals surface area contributed by atoms with Crippen molar-refractivity contribution in [3.05, 3.63) is 35.2 Å². The van der Waals surface area contributed by atoms with E-state index in [1.807, 2.05) is 0 Å². The van der Waals surface area contributed by atoms with Crippen LogP contribution in [0, 0.1) is 0 Å². The summed E-state index contributed by atoms with van der Waals surface area (Å²) in [5.41, 5.74) is 0.599. The van der Waals surface area contributed by atoms with Crippen molar-refractivity contribution >= 4 is 35.1 Å². The van der Waals surface area contributed by atoms with Crippen LogP contribution in [-0.4, -0.2) is 53.9 Å². The number of carbonyl (C=O) groups is 3. The second-order valence-corrected chi connectivity index (χ2v) is 5.99. The van der Waals surface area contributed by atoms with Crippen LogP contribution in [0.2, 0.25) is 5.15 Å². The fraction of sp³-hybridized carbons (Fsp3) is 0.353. The summed E-state index contributed by atoms with van der Waals surface area (Å²) in [4.78, 5) is 39.5. The molecule has 0 aliphatic carbocycles. The third-order valence-electron chi connectivity index (χ3n) is 3.74. The molecule has 1 amide bonds.